The molecule has 0 saturated heterocycles. The van der Waals surface area contributed by atoms with E-state index in [9.17, 15) is 0 Å². The fourth-order valence-corrected chi connectivity index (χ4v) is 1.31. The van der Waals surface area contributed by atoms with Gasteiger partial charge in [-0.1, -0.05) is 20.8 Å². The molecule has 0 spiro atoms. The SMILES string of the molecule is CCNc1nc(NCCC(C)(C)C)nc(OC)n1. The molecule has 0 aliphatic rings. The average molecular weight is 253 g/mol. The second-order valence-corrected chi connectivity index (χ2v) is 5.24. The fraction of sp³-hybridized carbons (Fsp3) is 0.750. The number of hydrogen-bond acceptors (Lipinski definition) is 6. The molecular formula is C12H23N5O. The molecule has 0 aliphatic heterocycles. The maximum atomic E-state index is 5.05. The lowest BCUT2D eigenvalue weighted by Crippen LogP contribution is -2.15. The Bertz CT molecular complexity index is 375. The molecule has 0 amide bonds. The van der Waals surface area contributed by atoms with Crippen molar-refractivity contribution in [1.29, 1.82) is 0 Å². The van der Waals surface area contributed by atoms with Crippen molar-refractivity contribution >= 4 is 11.9 Å². The molecule has 1 rings (SSSR count). The molecule has 1 aromatic heterocycles. The first-order valence-electron chi connectivity index (χ1n) is 6.22. The zero-order valence-electron chi connectivity index (χ0n) is 11.9. The Morgan fingerprint density at radius 1 is 1.06 bits per heavy atom. The number of aromatic nitrogens is 3. The van der Waals surface area contributed by atoms with Gasteiger partial charge in [-0.2, -0.15) is 15.0 Å². The first-order valence-corrected chi connectivity index (χ1v) is 6.22. The van der Waals surface area contributed by atoms with Crippen LogP contribution in [-0.2, 0) is 0 Å². The molecule has 0 aliphatic carbocycles. The van der Waals surface area contributed by atoms with Crippen LogP contribution in [0.4, 0.5) is 11.9 Å². The Labute approximate surface area is 109 Å². The zero-order chi connectivity index (χ0) is 13.6. The number of methoxy groups -OCH3 is 1. The molecule has 0 saturated carbocycles. The maximum absolute atomic E-state index is 5.05. The van der Waals surface area contributed by atoms with E-state index in [1.807, 2.05) is 6.92 Å². The smallest absolute Gasteiger partial charge is 0.322 e. The molecule has 1 aromatic rings. The minimum atomic E-state index is 0.286. The van der Waals surface area contributed by atoms with E-state index in [0.717, 1.165) is 19.5 Å². The third-order valence-corrected chi connectivity index (χ3v) is 2.29. The van der Waals surface area contributed by atoms with Crippen LogP contribution >= 0.6 is 0 Å². The third-order valence-electron chi connectivity index (χ3n) is 2.29. The first-order chi connectivity index (χ1) is 8.44. The van der Waals surface area contributed by atoms with E-state index < -0.39 is 0 Å². The molecule has 0 bridgehead atoms. The molecule has 6 nitrogen and oxygen atoms in total. The molecule has 0 unspecified atom stereocenters. The highest BCUT2D eigenvalue weighted by Crippen LogP contribution is 2.18. The van der Waals surface area contributed by atoms with Gasteiger partial charge in [0.2, 0.25) is 11.9 Å². The van der Waals surface area contributed by atoms with E-state index in [2.05, 4.69) is 46.4 Å². The van der Waals surface area contributed by atoms with Gasteiger partial charge in [-0.25, -0.2) is 0 Å². The normalized spacial score (nSPS) is 11.2. The van der Waals surface area contributed by atoms with Crippen LogP contribution in [0.2, 0.25) is 0 Å². The number of rotatable bonds is 6. The summed E-state index contributed by atoms with van der Waals surface area (Å²) >= 11 is 0. The maximum Gasteiger partial charge on any atom is 0.322 e. The van der Waals surface area contributed by atoms with Crippen LogP contribution in [0.3, 0.4) is 0 Å². The highest BCUT2D eigenvalue weighted by molar-refractivity contribution is 5.35. The number of ether oxygens (including phenoxy) is 1. The third kappa shape index (κ3) is 5.16. The summed E-state index contributed by atoms with van der Waals surface area (Å²) in [5.74, 6) is 1.07. The largest absolute Gasteiger partial charge is 0.467 e. The summed E-state index contributed by atoms with van der Waals surface area (Å²) in [6, 6.07) is 0.319. The minimum absolute atomic E-state index is 0.286. The predicted molar refractivity (Wildman–Crippen MR) is 73.1 cm³/mol. The molecule has 2 N–H and O–H groups in total. The van der Waals surface area contributed by atoms with E-state index in [1.54, 1.807) is 7.11 Å². The summed E-state index contributed by atoms with van der Waals surface area (Å²) in [5.41, 5.74) is 0.286. The summed E-state index contributed by atoms with van der Waals surface area (Å²) in [5, 5.41) is 6.24. The summed E-state index contributed by atoms with van der Waals surface area (Å²) in [4.78, 5) is 12.5. The van der Waals surface area contributed by atoms with E-state index in [-0.39, 0.29) is 5.41 Å². The Morgan fingerprint density at radius 2 is 1.67 bits per heavy atom. The number of anilines is 2. The van der Waals surface area contributed by atoms with Gasteiger partial charge in [0, 0.05) is 13.1 Å². The molecule has 18 heavy (non-hydrogen) atoms. The fourth-order valence-electron chi connectivity index (χ4n) is 1.31. The molecule has 0 aromatic carbocycles. The quantitative estimate of drug-likeness (QED) is 0.809. The second-order valence-electron chi connectivity index (χ2n) is 5.24. The lowest BCUT2D eigenvalue weighted by atomic mass is 9.92. The Morgan fingerprint density at radius 3 is 2.17 bits per heavy atom. The number of nitrogens with zero attached hydrogens (tertiary/aromatic N) is 3. The van der Waals surface area contributed by atoms with Gasteiger partial charge in [-0.05, 0) is 18.8 Å². The van der Waals surface area contributed by atoms with Crippen LogP contribution in [0, 0.1) is 5.41 Å². The van der Waals surface area contributed by atoms with Crippen molar-refractivity contribution in [2.24, 2.45) is 5.41 Å². The van der Waals surface area contributed by atoms with Crippen molar-refractivity contribution in [2.45, 2.75) is 34.1 Å². The summed E-state index contributed by atoms with van der Waals surface area (Å²) in [6.45, 7) is 10.2. The van der Waals surface area contributed by atoms with Gasteiger partial charge < -0.3 is 15.4 Å². The van der Waals surface area contributed by atoms with Gasteiger partial charge in [0.15, 0.2) is 0 Å². The van der Waals surface area contributed by atoms with Crippen LogP contribution < -0.4 is 15.4 Å². The molecular weight excluding hydrogens is 230 g/mol. The van der Waals surface area contributed by atoms with Gasteiger partial charge in [0.25, 0.3) is 0 Å². The topological polar surface area (TPSA) is 72.0 Å². The van der Waals surface area contributed by atoms with Crippen LogP contribution in [-0.4, -0.2) is 35.2 Å². The van der Waals surface area contributed by atoms with Crippen LogP contribution in [0.1, 0.15) is 34.1 Å². The van der Waals surface area contributed by atoms with Gasteiger partial charge >= 0.3 is 6.01 Å². The van der Waals surface area contributed by atoms with Crippen molar-refractivity contribution in [2.75, 3.05) is 30.8 Å². The predicted octanol–water partition coefficient (Wildman–Crippen LogP) is 2.16. The van der Waals surface area contributed by atoms with Gasteiger partial charge in [-0.15, -0.1) is 0 Å². The number of hydrogen-bond donors (Lipinski definition) is 2. The molecule has 6 heteroatoms. The van der Waals surface area contributed by atoms with Gasteiger partial charge in [0.05, 0.1) is 7.11 Å². The summed E-state index contributed by atoms with van der Waals surface area (Å²) in [7, 11) is 1.55. The van der Waals surface area contributed by atoms with Crippen LogP contribution in [0.15, 0.2) is 0 Å². The van der Waals surface area contributed by atoms with Gasteiger partial charge in [-0.3, -0.25) is 0 Å². The molecule has 1 heterocycles. The lowest BCUT2D eigenvalue weighted by Gasteiger charge is -2.18. The van der Waals surface area contributed by atoms with E-state index in [1.165, 1.54) is 0 Å². The van der Waals surface area contributed by atoms with E-state index >= 15 is 0 Å². The standard InChI is InChI=1S/C12H23N5O/c1-6-13-9-15-10(17-11(16-9)18-5)14-8-7-12(2,3)4/h6-8H2,1-5H3,(H2,13,14,15,16,17). The Kier molecular flexibility index (Phi) is 5.12. The summed E-state index contributed by atoms with van der Waals surface area (Å²) in [6.07, 6.45) is 1.04. The molecule has 0 atom stereocenters. The van der Waals surface area contributed by atoms with E-state index in [4.69, 9.17) is 4.74 Å². The Balaban J connectivity index is 2.66. The lowest BCUT2D eigenvalue weighted by molar-refractivity contribution is 0.378. The van der Waals surface area contributed by atoms with Crippen molar-refractivity contribution < 1.29 is 4.74 Å². The van der Waals surface area contributed by atoms with E-state index in [0.29, 0.717) is 17.9 Å². The Hall–Kier alpha value is -1.59. The average Bonchev–Trinajstić information content (AvgIpc) is 2.27. The zero-order valence-corrected chi connectivity index (χ0v) is 11.9. The van der Waals surface area contributed by atoms with Crippen molar-refractivity contribution in [3.63, 3.8) is 0 Å². The van der Waals surface area contributed by atoms with Crippen molar-refractivity contribution in [3.05, 3.63) is 0 Å². The second kappa shape index (κ2) is 6.37. The van der Waals surface area contributed by atoms with Crippen LogP contribution in [0.25, 0.3) is 0 Å². The number of nitrogens with one attached hydrogen (secondary N) is 2. The highest BCUT2D eigenvalue weighted by Gasteiger charge is 2.10. The first kappa shape index (κ1) is 14.5. The van der Waals surface area contributed by atoms with Gasteiger partial charge in [0.1, 0.15) is 0 Å². The highest BCUT2D eigenvalue weighted by atomic mass is 16.5. The molecule has 102 valence electrons. The van der Waals surface area contributed by atoms with Crippen molar-refractivity contribution in [3.8, 4) is 6.01 Å². The molecule has 0 radical (unpaired) electrons. The van der Waals surface area contributed by atoms with Crippen LogP contribution in [0.5, 0.6) is 6.01 Å². The van der Waals surface area contributed by atoms with Crippen molar-refractivity contribution in [1.82, 2.24) is 15.0 Å². The monoisotopic (exact) mass is 253 g/mol. The minimum Gasteiger partial charge on any atom is -0.467 e. The molecule has 0 fully saturated rings. The summed E-state index contributed by atoms with van der Waals surface area (Å²) < 4.78 is 5.05.